The van der Waals surface area contributed by atoms with E-state index in [9.17, 15) is 35.4 Å². The third-order valence-corrected chi connectivity index (χ3v) is 5.31. The van der Waals surface area contributed by atoms with Crippen molar-refractivity contribution in [2.24, 2.45) is 0 Å². The lowest BCUT2D eigenvalue weighted by molar-refractivity contribution is -0.231. The number of aromatic hydroxyl groups is 2. The van der Waals surface area contributed by atoms with Gasteiger partial charge in [-0.2, -0.15) is 0 Å². The van der Waals surface area contributed by atoms with Gasteiger partial charge in [0.25, 0.3) is 0 Å². The van der Waals surface area contributed by atoms with E-state index < -0.39 is 42.6 Å². The quantitative estimate of drug-likeness (QED) is 0.355. The Morgan fingerprint density at radius 3 is 2.27 bits per heavy atom. The zero-order chi connectivity index (χ0) is 21.6. The monoisotopic (exact) mass is 416 g/mol. The Kier molecular flexibility index (Phi) is 5.22. The molecule has 1 fully saturated rings. The highest BCUT2D eigenvalue weighted by atomic mass is 16.5. The van der Waals surface area contributed by atoms with Crippen LogP contribution in [0.1, 0.15) is 11.7 Å². The van der Waals surface area contributed by atoms with Crippen molar-refractivity contribution in [3.8, 4) is 22.6 Å². The van der Waals surface area contributed by atoms with Crippen molar-refractivity contribution < 1.29 is 39.8 Å². The summed E-state index contributed by atoms with van der Waals surface area (Å²) in [6.07, 6.45) is -6.24. The molecular weight excluding hydrogens is 396 g/mol. The van der Waals surface area contributed by atoms with Gasteiger partial charge in [0.1, 0.15) is 53.9 Å². The summed E-state index contributed by atoms with van der Waals surface area (Å²) in [6.45, 7) is -0.637. The van der Waals surface area contributed by atoms with E-state index in [0.29, 0.717) is 5.56 Å². The van der Waals surface area contributed by atoms with Gasteiger partial charge in [-0.1, -0.05) is 12.1 Å². The molecule has 0 radical (unpaired) electrons. The van der Waals surface area contributed by atoms with Gasteiger partial charge in [0.05, 0.1) is 23.1 Å². The first-order valence-corrected chi connectivity index (χ1v) is 9.20. The highest BCUT2D eigenvalue weighted by Crippen LogP contribution is 2.40. The Hall–Kier alpha value is -2.95. The number of aliphatic hydroxyl groups excluding tert-OH is 4. The number of phenols is 2. The number of benzene rings is 2. The highest BCUT2D eigenvalue weighted by Gasteiger charge is 2.45. The molecule has 5 atom stereocenters. The number of rotatable bonds is 3. The molecule has 1 aliphatic heterocycles. The largest absolute Gasteiger partial charge is 0.508 e. The molecule has 0 spiro atoms. The van der Waals surface area contributed by atoms with E-state index in [2.05, 4.69) is 0 Å². The van der Waals surface area contributed by atoms with Gasteiger partial charge in [0, 0.05) is 0 Å². The minimum absolute atomic E-state index is 0.0405. The van der Waals surface area contributed by atoms with Crippen LogP contribution in [-0.2, 0) is 4.74 Å². The fraction of sp³-hybridized carbons (Fsp3) is 0.286. The maximum Gasteiger partial charge on any atom is 0.200 e. The number of hydrogen-bond donors (Lipinski definition) is 6. The number of fused-ring (bicyclic) bond motifs is 1. The molecule has 0 aliphatic carbocycles. The van der Waals surface area contributed by atoms with Crippen LogP contribution in [0.4, 0.5) is 0 Å². The van der Waals surface area contributed by atoms with E-state index in [1.54, 1.807) is 12.1 Å². The maximum atomic E-state index is 13.0. The zero-order valence-electron chi connectivity index (χ0n) is 15.5. The van der Waals surface area contributed by atoms with Crippen LogP contribution in [0, 0.1) is 0 Å². The average Bonchev–Trinajstić information content (AvgIpc) is 2.74. The Labute approximate surface area is 169 Å². The first-order valence-electron chi connectivity index (χ1n) is 9.20. The molecule has 6 N–H and O–H groups in total. The summed E-state index contributed by atoms with van der Waals surface area (Å²) in [5, 5.41) is 59.8. The summed E-state index contributed by atoms with van der Waals surface area (Å²) in [5.74, 6) is -0.314. The standard InChI is InChI=1S/C21H20O9/c22-7-14-17(26)18(27)19(28)21(30-14)15-13(24)6-5-11-16(25)12(8-29-20(11)15)9-1-3-10(23)4-2-9/h1-6,8,14,17-19,21-24,26-28H,7H2/t14-,17-,18-,19+,21-/m1/s1. The van der Waals surface area contributed by atoms with Crippen LogP contribution in [0.2, 0.25) is 0 Å². The molecule has 1 saturated heterocycles. The van der Waals surface area contributed by atoms with Crippen molar-refractivity contribution >= 4 is 11.0 Å². The van der Waals surface area contributed by atoms with Crippen LogP contribution in [-0.4, -0.2) is 61.7 Å². The van der Waals surface area contributed by atoms with E-state index >= 15 is 0 Å². The zero-order valence-corrected chi connectivity index (χ0v) is 15.5. The molecular formula is C21H20O9. The summed E-state index contributed by atoms with van der Waals surface area (Å²) in [4.78, 5) is 13.0. The molecule has 2 aromatic carbocycles. The van der Waals surface area contributed by atoms with E-state index in [1.807, 2.05) is 0 Å². The van der Waals surface area contributed by atoms with Gasteiger partial charge in [-0.15, -0.1) is 0 Å². The average molecular weight is 416 g/mol. The van der Waals surface area contributed by atoms with Crippen LogP contribution in [0.5, 0.6) is 11.5 Å². The predicted octanol–water partition coefficient (Wildman–Crippen LogP) is 0.386. The first kappa shape index (κ1) is 20.3. The van der Waals surface area contributed by atoms with Gasteiger partial charge in [0.15, 0.2) is 0 Å². The van der Waals surface area contributed by atoms with Crippen molar-refractivity contribution in [2.45, 2.75) is 30.5 Å². The Balaban J connectivity index is 1.87. The molecule has 3 aromatic rings. The highest BCUT2D eigenvalue weighted by molar-refractivity contribution is 5.86. The number of phenolic OH excluding ortho intramolecular Hbond substituents is 2. The Morgan fingerprint density at radius 2 is 1.60 bits per heavy atom. The topological polar surface area (TPSA) is 161 Å². The fourth-order valence-electron chi connectivity index (χ4n) is 3.67. The lowest BCUT2D eigenvalue weighted by Crippen LogP contribution is -2.55. The van der Waals surface area contributed by atoms with Gasteiger partial charge in [-0.05, 0) is 29.8 Å². The molecule has 0 unspecified atom stereocenters. The molecule has 0 saturated carbocycles. The van der Waals surface area contributed by atoms with Crippen LogP contribution in [0.25, 0.3) is 22.1 Å². The number of hydrogen-bond acceptors (Lipinski definition) is 9. The van der Waals surface area contributed by atoms with Crippen molar-refractivity contribution in [1.29, 1.82) is 0 Å². The third-order valence-electron chi connectivity index (χ3n) is 5.31. The lowest BCUT2D eigenvalue weighted by Gasteiger charge is -2.40. The summed E-state index contributed by atoms with van der Waals surface area (Å²) in [6, 6.07) is 8.54. The molecule has 0 bridgehead atoms. The predicted molar refractivity (Wildman–Crippen MR) is 104 cm³/mol. The molecule has 4 rings (SSSR count). The third kappa shape index (κ3) is 3.22. The second kappa shape index (κ2) is 7.71. The number of ether oxygens (including phenoxy) is 1. The minimum atomic E-state index is -1.65. The summed E-state index contributed by atoms with van der Waals surface area (Å²) < 4.78 is 11.1. The minimum Gasteiger partial charge on any atom is -0.508 e. The molecule has 9 nitrogen and oxygen atoms in total. The van der Waals surface area contributed by atoms with Crippen LogP contribution >= 0.6 is 0 Å². The van der Waals surface area contributed by atoms with Crippen molar-refractivity contribution in [2.75, 3.05) is 6.61 Å². The van der Waals surface area contributed by atoms with Crippen molar-refractivity contribution in [3.63, 3.8) is 0 Å². The molecule has 1 aromatic heterocycles. The van der Waals surface area contributed by atoms with Gasteiger partial charge < -0.3 is 39.8 Å². The molecule has 9 heteroatoms. The Bertz CT molecular complexity index is 1120. The molecule has 30 heavy (non-hydrogen) atoms. The maximum absolute atomic E-state index is 13.0. The second-order valence-electron chi connectivity index (χ2n) is 7.15. The van der Waals surface area contributed by atoms with E-state index in [0.717, 1.165) is 0 Å². The Morgan fingerprint density at radius 1 is 0.900 bits per heavy atom. The fourth-order valence-corrected chi connectivity index (χ4v) is 3.67. The molecule has 0 amide bonds. The van der Waals surface area contributed by atoms with Crippen LogP contribution < -0.4 is 5.43 Å². The van der Waals surface area contributed by atoms with E-state index in [4.69, 9.17) is 9.15 Å². The SMILES string of the molecule is O=c1c(-c2ccc(O)cc2)coc2c([C@H]3O[C@H](CO)[C@@H](O)[C@@H](O)[C@@H]3O)c(O)ccc12. The van der Waals surface area contributed by atoms with Gasteiger partial charge >= 0.3 is 0 Å². The number of aliphatic hydroxyl groups is 4. The summed E-state index contributed by atoms with van der Waals surface area (Å²) in [7, 11) is 0. The lowest BCUT2D eigenvalue weighted by atomic mass is 9.89. The van der Waals surface area contributed by atoms with E-state index in [-0.39, 0.29) is 33.6 Å². The van der Waals surface area contributed by atoms with Crippen LogP contribution in [0.3, 0.4) is 0 Å². The smallest absolute Gasteiger partial charge is 0.200 e. The summed E-state index contributed by atoms with van der Waals surface area (Å²) in [5.41, 5.74) is 0.150. The van der Waals surface area contributed by atoms with Gasteiger partial charge in [-0.3, -0.25) is 4.79 Å². The molecule has 158 valence electrons. The van der Waals surface area contributed by atoms with Crippen molar-refractivity contribution in [1.82, 2.24) is 0 Å². The van der Waals surface area contributed by atoms with Gasteiger partial charge in [-0.25, -0.2) is 0 Å². The van der Waals surface area contributed by atoms with Crippen molar-refractivity contribution in [3.05, 3.63) is 58.4 Å². The van der Waals surface area contributed by atoms with E-state index in [1.165, 1.54) is 30.5 Å². The summed E-state index contributed by atoms with van der Waals surface area (Å²) >= 11 is 0. The molecule has 1 aliphatic rings. The van der Waals surface area contributed by atoms with Gasteiger partial charge in [0.2, 0.25) is 5.43 Å². The van der Waals surface area contributed by atoms with Crippen LogP contribution in [0.15, 0.2) is 51.9 Å². The molecule has 2 heterocycles. The first-order chi connectivity index (χ1) is 14.3. The normalized spacial score (nSPS) is 26.7. The second-order valence-corrected chi connectivity index (χ2v) is 7.15.